The van der Waals surface area contributed by atoms with Crippen LogP contribution in [0.3, 0.4) is 0 Å². The van der Waals surface area contributed by atoms with Crippen LogP contribution in [0.2, 0.25) is 5.02 Å². The van der Waals surface area contributed by atoms with E-state index in [1.165, 1.54) is 12.5 Å². The highest BCUT2D eigenvalue weighted by atomic mass is 35.5. The molecule has 6 nitrogen and oxygen atoms in total. The van der Waals surface area contributed by atoms with Crippen LogP contribution >= 0.6 is 11.6 Å². The molecule has 2 aliphatic rings. The van der Waals surface area contributed by atoms with Crippen LogP contribution in [0.25, 0.3) is 0 Å². The molecular weight excluding hydrogens is 445 g/mol. The van der Waals surface area contributed by atoms with Gasteiger partial charge in [-0.15, -0.1) is 0 Å². The molecule has 0 bridgehead atoms. The summed E-state index contributed by atoms with van der Waals surface area (Å²) in [6, 6.07) is 3.66. The minimum absolute atomic E-state index is 0.0583. The highest BCUT2D eigenvalue weighted by Crippen LogP contribution is 2.36. The highest BCUT2D eigenvalue weighted by molar-refractivity contribution is 6.31. The molecule has 1 atom stereocenters. The second-order valence-corrected chi connectivity index (χ2v) is 8.85. The lowest BCUT2D eigenvalue weighted by Crippen LogP contribution is -2.53. The number of anilines is 1. The van der Waals surface area contributed by atoms with Crippen molar-refractivity contribution in [1.29, 1.82) is 0 Å². The number of rotatable bonds is 6. The van der Waals surface area contributed by atoms with Crippen molar-refractivity contribution in [3.8, 4) is 0 Å². The number of piperazine rings is 1. The van der Waals surface area contributed by atoms with Gasteiger partial charge in [-0.2, -0.15) is 13.2 Å². The van der Waals surface area contributed by atoms with Crippen LogP contribution in [-0.2, 0) is 15.8 Å². The van der Waals surface area contributed by atoms with Gasteiger partial charge in [0.2, 0.25) is 11.8 Å². The summed E-state index contributed by atoms with van der Waals surface area (Å²) in [6.45, 7) is 5.99. The number of nitrogens with zero attached hydrogens (tertiary/aromatic N) is 3. The van der Waals surface area contributed by atoms with Gasteiger partial charge in [-0.3, -0.25) is 19.4 Å². The number of likely N-dealkylation sites (tertiary alicyclic amines) is 1. The number of halogens is 4. The summed E-state index contributed by atoms with van der Waals surface area (Å²) in [6.07, 6.45) is -0.299. The number of benzene rings is 1. The zero-order valence-corrected chi connectivity index (χ0v) is 19.0. The van der Waals surface area contributed by atoms with Crippen molar-refractivity contribution in [3.05, 3.63) is 28.8 Å². The van der Waals surface area contributed by atoms with Gasteiger partial charge in [0, 0.05) is 44.5 Å². The third kappa shape index (κ3) is 6.59. The Morgan fingerprint density at radius 1 is 1.06 bits per heavy atom. The van der Waals surface area contributed by atoms with E-state index < -0.39 is 16.8 Å². The van der Waals surface area contributed by atoms with E-state index in [4.69, 9.17) is 11.6 Å². The fourth-order valence-electron chi connectivity index (χ4n) is 4.36. The fraction of sp³-hybridized carbons (Fsp3) is 0.636. The maximum Gasteiger partial charge on any atom is 0.417 e. The minimum atomic E-state index is -4.59. The van der Waals surface area contributed by atoms with Crippen molar-refractivity contribution in [2.24, 2.45) is 0 Å². The van der Waals surface area contributed by atoms with Crippen LogP contribution in [0.15, 0.2) is 18.2 Å². The van der Waals surface area contributed by atoms with Crippen molar-refractivity contribution in [1.82, 2.24) is 14.7 Å². The lowest BCUT2D eigenvalue weighted by Gasteiger charge is -2.38. The van der Waals surface area contributed by atoms with Crippen molar-refractivity contribution in [2.75, 3.05) is 51.1 Å². The SMILES string of the molecule is CCC1CCCCN1C(=O)CN1CCN(CC(=O)Nc2ccc(Cl)c(C(F)(F)F)c2)CC1. The molecule has 0 radical (unpaired) electrons. The average molecular weight is 475 g/mol. The molecular formula is C22H30ClF3N4O2. The van der Waals surface area contributed by atoms with Gasteiger partial charge in [0.25, 0.3) is 0 Å². The van der Waals surface area contributed by atoms with E-state index in [0.717, 1.165) is 37.9 Å². The van der Waals surface area contributed by atoms with E-state index in [-0.39, 0.29) is 24.0 Å². The Hall–Kier alpha value is -1.84. The van der Waals surface area contributed by atoms with Crippen LogP contribution < -0.4 is 5.32 Å². The summed E-state index contributed by atoms with van der Waals surface area (Å²) in [7, 11) is 0. The monoisotopic (exact) mass is 474 g/mol. The summed E-state index contributed by atoms with van der Waals surface area (Å²) in [5, 5.41) is 2.11. The maximum absolute atomic E-state index is 13.0. The maximum atomic E-state index is 13.0. The van der Waals surface area contributed by atoms with Crippen LogP contribution in [0.5, 0.6) is 0 Å². The topological polar surface area (TPSA) is 55.9 Å². The first-order valence-electron chi connectivity index (χ1n) is 11.1. The van der Waals surface area contributed by atoms with Crippen molar-refractivity contribution >= 4 is 29.1 Å². The van der Waals surface area contributed by atoms with E-state index in [0.29, 0.717) is 38.8 Å². The number of alkyl halides is 3. The van der Waals surface area contributed by atoms with Gasteiger partial charge in [-0.1, -0.05) is 18.5 Å². The Morgan fingerprint density at radius 3 is 2.34 bits per heavy atom. The number of hydrogen-bond acceptors (Lipinski definition) is 4. The van der Waals surface area contributed by atoms with Gasteiger partial charge in [0.15, 0.2) is 0 Å². The van der Waals surface area contributed by atoms with Crippen molar-refractivity contribution in [3.63, 3.8) is 0 Å². The summed E-state index contributed by atoms with van der Waals surface area (Å²) >= 11 is 5.62. The van der Waals surface area contributed by atoms with Crippen LogP contribution in [0.1, 0.15) is 38.2 Å². The molecule has 1 unspecified atom stereocenters. The van der Waals surface area contributed by atoms with Gasteiger partial charge in [-0.25, -0.2) is 0 Å². The summed E-state index contributed by atoms with van der Waals surface area (Å²) in [5.41, 5.74) is -0.919. The standard InChI is InChI=1S/C22H30ClF3N4O2/c1-2-17-5-3-4-8-30(17)21(32)15-29-11-9-28(10-12-29)14-20(31)27-16-6-7-19(23)18(13-16)22(24,25)26/h6-7,13,17H,2-5,8-12,14-15H2,1H3,(H,27,31). The minimum Gasteiger partial charge on any atom is -0.339 e. The first kappa shape index (κ1) is 24.8. The molecule has 0 spiro atoms. The molecule has 2 saturated heterocycles. The Bertz CT molecular complexity index is 813. The molecule has 1 N–H and O–H groups in total. The molecule has 1 aromatic rings. The normalized spacial score (nSPS) is 20.9. The molecule has 3 rings (SSSR count). The Balaban J connectivity index is 1.45. The van der Waals surface area contributed by atoms with Gasteiger partial charge >= 0.3 is 6.18 Å². The van der Waals surface area contributed by atoms with E-state index in [1.807, 2.05) is 9.80 Å². The van der Waals surface area contributed by atoms with E-state index in [1.54, 1.807) is 0 Å². The predicted molar refractivity (Wildman–Crippen MR) is 118 cm³/mol. The Labute approximate surface area is 191 Å². The second kappa shape index (κ2) is 10.9. The molecule has 178 valence electrons. The molecule has 0 aromatic heterocycles. The molecule has 0 saturated carbocycles. The van der Waals surface area contributed by atoms with Gasteiger partial charge in [-0.05, 0) is 43.9 Å². The fourth-order valence-corrected chi connectivity index (χ4v) is 4.59. The van der Waals surface area contributed by atoms with Gasteiger partial charge in [0.05, 0.1) is 23.7 Å². The highest BCUT2D eigenvalue weighted by Gasteiger charge is 2.33. The Morgan fingerprint density at radius 2 is 1.72 bits per heavy atom. The quantitative estimate of drug-likeness (QED) is 0.683. The predicted octanol–water partition coefficient (Wildman–Crippen LogP) is 3.71. The largest absolute Gasteiger partial charge is 0.417 e. The van der Waals surface area contributed by atoms with Crippen LogP contribution in [0, 0.1) is 0 Å². The van der Waals surface area contributed by atoms with Crippen LogP contribution in [-0.4, -0.2) is 78.4 Å². The first-order chi connectivity index (χ1) is 15.2. The zero-order valence-electron chi connectivity index (χ0n) is 18.3. The molecule has 2 fully saturated rings. The van der Waals surface area contributed by atoms with Crippen molar-refractivity contribution in [2.45, 2.75) is 44.8 Å². The number of hydrogen-bond donors (Lipinski definition) is 1. The van der Waals surface area contributed by atoms with Crippen molar-refractivity contribution < 1.29 is 22.8 Å². The first-order valence-corrected chi connectivity index (χ1v) is 11.5. The number of piperidine rings is 1. The smallest absolute Gasteiger partial charge is 0.339 e. The second-order valence-electron chi connectivity index (χ2n) is 8.44. The molecule has 10 heteroatoms. The third-order valence-electron chi connectivity index (χ3n) is 6.17. The zero-order chi connectivity index (χ0) is 23.3. The number of amides is 2. The van der Waals surface area contributed by atoms with E-state index in [2.05, 4.69) is 17.1 Å². The average Bonchev–Trinajstić information content (AvgIpc) is 2.75. The number of carbonyl (C=O) groups excluding carboxylic acids is 2. The summed E-state index contributed by atoms with van der Waals surface area (Å²) in [4.78, 5) is 31.1. The van der Waals surface area contributed by atoms with Crippen LogP contribution in [0.4, 0.5) is 18.9 Å². The number of nitrogens with one attached hydrogen (secondary N) is 1. The molecule has 1 aromatic carbocycles. The summed E-state index contributed by atoms with van der Waals surface area (Å²) < 4.78 is 39.0. The van der Waals surface area contributed by atoms with E-state index >= 15 is 0 Å². The lowest BCUT2D eigenvalue weighted by atomic mass is 10.00. The van der Waals surface area contributed by atoms with Gasteiger partial charge < -0.3 is 10.2 Å². The lowest BCUT2D eigenvalue weighted by molar-refractivity contribution is -0.137. The Kier molecular flexibility index (Phi) is 8.41. The van der Waals surface area contributed by atoms with Gasteiger partial charge in [0.1, 0.15) is 0 Å². The summed E-state index contributed by atoms with van der Waals surface area (Å²) in [5.74, 6) is -0.213. The molecule has 2 heterocycles. The molecule has 0 aliphatic carbocycles. The number of carbonyl (C=O) groups is 2. The molecule has 2 amide bonds. The third-order valence-corrected chi connectivity index (χ3v) is 6.49. The molecule has 2 aliphatic heterocycles. The van der Waals surface area contributed by atoms with E-state index in [9.17, 15) is 22.8 Å². The molecule has 32 heavy (non-hydrogen) atoms.